The smallest absolute Gasteiger partial charge is 0.242 e. The molecule has 0 saturated carbocycles. The average molecular weight is 295 g/mol. The van der Waals surface area contributed by atoms with Crippen LogP contribution in [-0.2, 0) is 10.0 Å². The SMILES string of the molecule is CNS(=O)(=O)c1ccccc1N1CC2CNCC2C1C. The van der Waals surface area contributed by atoms with Crippen molar-refractivity contribution in [3.8, 4) is 0 Å². The van der Waals surface area contributed by atoms with E-state index in [1.165, 1.54) is 7.05 Å². The van der Waals surface area contributed by atoms with E-state index < -0.39 is 10.0 Å². The van der Waals surface area contributed by atoms with Crippen molar-refractivity contribution in [2.45, 2.75) is 17.9 Å². The third-order valence-corrected chi connectivity index (χ3v) is 6.13. The molecule has 2 N–H and O–H groups in total. The minimum absolute atomic E-state index is 0.364. The number of nitrogens with one attached hydrogen (secondary N) is 2. The molecular formula is C14H21N3O2S. The zero-order valence-corrected chi connectivity index (χ0v) is 12.7. The van der Waals surface area contributed by atoms with Crippen LogP contribution in [-0.4, -0.2) is 41.1 Å². The number of sulfonamides is 1. The molecular weight excluding hydrogens is 274 g/mol. The fraction of sp³-hybridized carbons (Fsp3) is 0.571. The average Bonchev–Trinajstić information content (AvgIpc) is 3.02. The predicted molar refractivity (Wildman–Crippen MR) is 79.3 cm³/mol. The van der Waals surface area contributed by atoms with Gasteiger partial charge in [0, 0.05) is 25.7 Å². The summed E-state index contributed by atoms with van der Waals surface area (Å²) in [5.74, 6) is 1.23. The summed E-state index contributed by atoms with van der Waals surface area (Å²) in [5.41, 5.74) is 0.823. The quantitative estimate of drug-likeness (QED) is 0.859. The molecule has 5 nitrogen and oxygen atoms in total. The van der Waals surface area contributed by atoms with Gasteiger partial charge in [-0.2, -0.15) is 0 Å². The first-order valence-corrected chi connectivity index (χ1v) is 8.53. The lowest BCUT2D eigenvalue weighted by Crippen LogP contribution is -2.34. The second-order valence-corrected chi connectivity index (χ2v) is 7.51. The van der Waals surface area contributed by atoms with Crippen molar-refractivity contribution in [3.63, 3.8) is 0 Å². The summed E-state index contributed by atoms with van der Waals surface area (Å²) in [6.45, 7) is 5.19. The van der Waals surface area contributed by atoms with Crippen LogP contribution < -0.4 is 14.9 Å². The van der Waals surface area contributed by atoms with Crippen molar-refractivity contribution < 1.29 is 8.42 Å². The van der Waals surface area contributed by atoms with E-state index >= 15 is 0 Å². The second-order valence-electron chi connectivity index (χ2n) is 5.65. The van der Waals surface area contributed by atoms with Crippen LogP contribution in [0.1, 0.15) is 6.92 Å². The molecule has 0 aliphatic carbocycles. The lowest BCUT2D eigenvalue weighted by Gasteiger charge is -2.28. The summed E-state index contributed by atoms with van der Waals surface area (Å²) in [7, 11) is -1.96. The van der Waals surface area contributed by atoms with Gasteiger partial charge in [0.15, 0.2) is 0 Å². The van der Waals surface area contributed by atoms with Gasteiger partial charge in [0.25, 0.3) is 0 Å². The lowest BCUT2D eigenvalue weighted by atomic mass is 9.95. The van der Waals surface area contributed by atoms with Crippen molar-refractivity contribution in [1.82, 2.24) is 10.0 Å². The van der Waals surface area contributed by atoms with Gasteiger partial charge < -0.3 is 10.2 Å². The third kappa shape index (κ3) is 2.12. The van der Waals surface area contributed by atoms with Crippen LogP contribution in [0.25, 0.3) is 0 Å². The maximum Gasteiger partial charge on any atom is 0.242 e. The Balaban J connectivity index is 2.00. The van der Waals surface area contributed by atoms with Crippen LogP contribution in [0.2, 0.25) is 0 Å². The van der Waals surface area contributed by atoms with Gasteiger partial charge in [-0.05, 0) is 37.9 Å². The van der Waals surface area contributed by atoms with Crippen molar-refractivity contribution in [2.75, 3.05) is 31.6 Å². The molecule has 2 fully saturated rings. The Morgan fingerprint density at radius 3 is 2.75 bits per heavy atom. The number of benzene rings is 1. The molecule has 0 bridgehead atoms. The Bertz CT molecular complexity index is 602. The molecule has 20 heavy (non-hydrogen) atoms. The predicted octanol–water partition coefficient (Wildman–Crippen LogP) is 0.639. The molecule has 2 heterocycles. The normalized spacial score (nSPS) is 29.7. The van der Waals surface area contributed by atoms with E-state index in [0.717, 1.165) is 25.3 Å². The zero-order chi connectivity index (χ0) is 14.3. The van der Waals surface area contributed by atoms with Crippen LogP contribution in [0.15, 0.2) is 29.2 Å². The van der Waals surface area contributed by atoms with Crippen molar-refractivity contribution in [3.05, 3.63) is 24.3 Å². The number of para-hydroxylation sites is 1. The number of anilines is 1. The summed E-state index contributed by atoms with van der Waals surface area (Å²) in [5, 5.41) is 3.43. The molecule has 2 aliphatic rings. The Morgan fingerprint density at radius 2 is 2.05 bits per heavy atom. The van der Waals surface area contributed by atoms with E-state index in [-0.39, 0.29) is 0 Å². The van der Waals surface area contributed by atoms with Crippen molar-refractivity contribution in [2.24, 2.45) is 11.8 Å². The van der Waals surface area contributed by atoms with E-state index in [1.807, 2.05) is 12.1 Å². The molecule has 1 aromatic carbocycles. The number of rotatable bonds is 3. The standard InChI is InChI=1S/C14H21N3O2S/c1-10-12-8-16-7-11(12)9-17(10)13-5-3-4-6-14(13)20(18,19)15-2/h3-6,10-12,15-16H,7-9H2,1-2H3. The van der Waals surface area contributed by atoms with E-state index in [0.29, 0.717) is 22.8 Å². The maximum absolute atomic E-state index is 12.2. The van der Waals surface area contributed by atoms with Gasteiger partial charge >= 0.3 is 0 Å². The molecule has 0 amide bonds. The topological polar surface area (TPSA) is 61.4 Å². The van der Waals surface area contributed by atoms with E-state index in [1.54, 1.807) is 12.1 Å². The van der Waals surface area contributed by atoms with Crippen LogP contribution in [0.3, 0.4) is 0 Å². The highest BCUT2D eigenvalue weighted by molar-refractivity contribution is 7.89. The van der Waals surface area contributed by atoms with Crippen LogP contribution in [0.4, 0.5) is 5.69 Å². The summed E-state index contributed by atoms with van der Waals surface area (Å²) in [6, 6.07) is 7.64. The summed E-state index contributed by atoms with van der Waals surface area (Å²) in [6.07, 6.45) is 0. The fourth-order valence-electron chi connectivity index (χ4n) is 3.52. The molecule has 0 radical (unpaired) electrons. The molecule has 0 aromatic heterocycles. The molecule has 3 rings (SSSR count). The van der Waals surface area contributed by atoms with Crippen LogP contribution in [0, 0.1) is 11.8 Å². The third-order valence-electron chi connectivity index (χ3n) is 4.67. The van der Waals surface area contributed by atoms with E-state index in [4.69, 9.17) is 0 Å². The van der Waals surface area contributed by atoms with Gasteiger partial charge in [-0.15, -0.1) is 0 Å². The van der Waals surface area contributed by atoms with Crippen molar-refractivity contribution >= 4 is 15.7 Å². The molecule has 1 aromatic rings. The van der Waals surface area contributed by atoms with Crippen LogP contribution >= 0.6 is 0 Å². The monoisotopic (exact) mass is 295 g/mol. The maximum atomic E-state index is 12.2. The Labute approximate surface area is 120 Å². The van der Waals surface area contributed by atoms with Gasteiger partial charge in [0.1, 0.15) is 4.90 Å². The van der Waals surface area contributed by atoms with Gasteiger partial charge in [-0.25, -0.2) is 13.1 Å². The van der Waals surface area contributed by atoms with Gasteiger partial charge in [-0.1, -0.05) is 12.1 Å². The molecule has 3 unspecified atom stereocenters. The first-order valence-electron chi connectivity index (χ1n) is 7.04. The van der Waals surface area contributed by atoms with Gasteiger partial charge in [0.05, 0.1) is 5.69 Å². The first-order chi connectivity index (χ1) is 9.54. The molecule has 0 spiro atoms. The summed E-state index contributed by atoms with van der Waals surface area (Å²) < 4.78 is 26.8. The van der Waals surface area contributed by atoms with Gasteiger partial charge in [0.2, 0.25) is 10.0 Å². The highest BCUT2D eigenvalue weighted by atomic mass is 32.2. The highest BCUT2D eigenvalue weighted by Gasteiger charge is 2.42. The molecule has 3 atom stereocenters. The molecule has 110 valence electrons. The Morgan fingerprint density at radius 1 is 1.30 bits per heavy atom. The molecule has 6 heteroatoms. The second kappa shape index (κ2) is 5.02. The molecule has 2 aliphatic heterocycles. The number of hydrogen-bond donors (Lipinski definition) is 2. The van der Waals surface area contributed by atoms with Crippen molar-refractivity contribution in [1.29, 1.82) is 0 Å². The Kier molecular flexibility index (Phi) is 3.48. The summed E-state index contributed by atoms with van der Waals surface area (Å²) >= 11 is 0. The number of fused-ring (bicyclic) bond motifs is 1. The van der Waals surface area contributed by atoms with E-state index in [2.05, 4.69) is 21.9 Å². The zero-order valence-electron chi connectivity index (χ0n) is 11.8. The summed E-state index contributed by atoms with van der Waals surface area (Å²) in [4.78, 5) is 2.63. The van der Waals surface area contributed by atoms with E-state index in [9.17, 15) is 8.42 Å². The molecule has 2 saturated heterocycles. The largest absolute Gasteiger partial charge is 0.367 e. The minimum Gasteiger partial charge on any atom is -0.367 e. The first kappa shape index (κ1) is 13.9. The fourth-order valence-corrected chi connectivity index (χ4v) is 4.46. The number of nitrogens with zero attached hydrogens (tertiary/aromatic N) is 1. The van der Waals surface area contributed by atoms with Crippen LogP contribution in [0.5, 0.6) is 0 Å². The number of hydrogen-bond acceptors (Lipinski definition) is 4. The minimum atomic E-state index is -3.42. The highest BCUT2D eigenvalue weighted by Crippen LogP contribution is 2.38. The Hall–Kier alpha value is -1.11. The van der Waals surface area contributed by atoms with Gasteiger partial charge in [-0.3, -0.25) is 0 Å². The lowest BCUT2D eigenvalue weighted by molar-refractivity contribution is 0.471.